The molecule has 1 N–H and O–H groups in total. The molecule has 0 saturated carbocycles. The van der Waals surface area contributed by atoms with Gasteiger partial charge in [-0.15, -0.1) is 0 Å². The van der Waals surface area contributed by atoms with E-state index in [1.807, 2.05) is 33.3 Å². The third kappa shape index (κ3) is 46.8. The van der Waals surface area contributed by atoms with Gasteiger partial charge in [0.05, 0.1) is 33.8 Å². The second kappa shape index (κ2) is 46.4. The standard InChI is InChI=1S/C56H103N2O7P/c1-7-10-13-16-19-22-25-28-31-33-36-39-42-45-48-55(59)57-53(52-64-66(61,62)63-51-50-58(4,5)6)54(47-44-41-38-35-32-29-26-23-20-17-14-11-8-2)65-56(60)49-46-43-40-37-34-30-27-24-21-18-15-12-9-3/h10,13,19,22,30,34,40,43-44,47,53-54H,7-9,11-12,14-18,20-21,23-29,31-33,35-39,41-42,45-46,48-52H2,1-6H3,(H-,57,59,61,62)/b13-10+,22-19+,34-30-,43-40+,47-44+. The number of phosphoric acid groups is 1. The Hall–Kier alpha value is -2.29. The molecule has 0 aliphatic heterocycles. The summed E-state index contributed by atoms with van der Waals surface area (Å²) in [6.45, 7) is 6.67. The molecule has 0 fully saturated rings. The molecule has 0 aliphatic rings. The fraction of sp³-hybridized carbons (Fsp3) is 0.786. The first-order valence-electron chi connectivity index (χ1n) is 27.1. The summed E-state index contributed by atoms with van der Waals surface area (Å²) in [4.78, 5) is 39.7. The third-order valence-corrected chi connectivity index (χ3v) is 12.7. The van der Waals surface area contributed by atoms with Crippen molar-refractivity contribution >= 4 is 19.7 Å². The van der Waals surface area contributed by atoms with Crippen LogP contribution in [-0.4, -0.2) is 69.4 Å². The molecule has 0 rings (SSSR count). The monoisotopic (exact) mass is 947 g/mol. The Morgan fingerprint density at radius 3 is 1.47 bits per heavy atom. The van der Waals surface area contributed by atoms with Crippen molar-refractivity contribution in [3.63, 3.8) is 0 Å². The summed E-state index contributed by atoms with van der Waals surface area (Å²) < 4.78 is 30.1. The van der Waals surface area contributed by atoms with Crippen LogP contribution in [0.25, 0.3) is 0 Å². The Kier molecular flexibility index (Phi) is 44.8. The van der Waals surface area contributed by atoms with Crippen LogP contribution in [-0.2, 0) is 27.9 Å². The highest BCUT2D eigenvalue weighted by Crippen LogP contribution is 2.38. The number of esters is 1. The molecule has 66 heavy (non-hydrogen) atoms. The highest BCUT2D eigenvalue weighted by atomic mass is 31.2. The van der Waals surface area contributed by atoms with Gasteiger partial charge in [-0.1, -0.05) is 204 Å². The molecule has 0 aromatic rings. The molecule has 1 amide bonds. The lowest BCUT2D eigenvalue weighted by Gasteiger charge is -2.30. The number of unbranched alkanes of at least 4 members (excludes halogenated alkanes) is 24. The molecule has 10 heteroatoms. The van der Waals surface area contributed by atoms with E-state index in [-0.39, 0.29) is 18.9 Å². The van der Waals surface area contributed by atoms with E-state index in [1.54, 1.807) is 6.08 Å². The van der Waals surface area contributed by atoms with Crippen molar-refractivity contribution in [1.29, 1.82) is 0 Å². The number of phosphoric ester groups is 1. The van der Waals surface area contributed by atoms with Crippen molar-refractivity contribution in [2.45, 2.75) is 245 Å². The number of carbonyl (C=O) groups is 2. The second-order valence-corrected chi connectivity index (χ2v) is 20.8. The van der Waals surface area contributed by atoms with Crippen molar-refractivity contribution in [2.75, 3.05) is 40.9 Å². The largest absolute Gasteiger partial charge is 0.756 e. The number of allylic oxidation sites excluding steroid dienone is 9. The van der Waals surface area contributed by atoms with Crippen LogP contribution < -0.4 is 10.2 Å². The molecular weight excluding hydrogens is 844 g/mol. The number of hydrogen-bond acceptors (Lipinski definition) is 7. The van der Waals surface area contributed by atoms with Gasteiger partial charge < -0.3 is 28.5 Å². The van der Waals surface area contributed by atoms with Crippen LogP contribution in [0.2, 0.25) is 0 Å². The minimum atomic E-state index is -4.70. The highest BCUT2D eigenvalue weighted by molar-refractivity contribution is 7.45. The van der Waals surface area contributed by atoms with Crippen molar-refractivity contribution in [3.8, 4) is 0 Å². The molecule has 0 aromatic carbocycles. The van der Waals surface area contributed by atoms with Crippen LogP contribution in [0.3, 0.4) is 0 Å². The van der Waals surface area contributed by atoms with E-state index in [9.17, 15) is 19.0 Å². The molecular formula is C56H103N2O7P. The quantitative estimate of drug-likeness (QED) is 0.0212. The van der Waals surface area contributed by atoms with Gasteiger partial charge in [-0.25, -0.2) is 0 Å². The van der Waals surface area contributed by atoms with E-state index in [1.165, 1.54) is 116 Å². The average molecular weight is 947 g/mol. The lowest BCUT2D eigenvalue weighted by molar-refractivity contribution is -0.870. The van der Waals surface area contributed by atoms with E-state index >= 15 is 0 Å². The molecule has 0 aromatic heterocycles. The Morgan fingerprint density at radius 1 is 0.545 bits per heavy atom. The minimum Gasteiger partial charge on any atom is -0.756 e. The van der Waals surface area contributed by atoms with E-state index in [4.69, 9.17) is 13.8 Å². The normalized spacial score (nSPS) is 14.3. The third-order valence-electron chi connectivity index (χ3n) is 11.7. The van der Waals surface area contributed by atoms with Gasteiger partial charge in [0.25, 0.3) is 7.82 Å². The molecule has 9 nitrogen and oxygen atoms in total. The van der Waals surface area contributed by atoms with Crippen molar-refractivity contribution in [3.05, 3.63) is 60.8 Å². The maximum absolute atomic E-state index is 13.4. The van der Waals surface area contributed by atoms with Crippen molar-refractivity contribution in [2.24, 2.45) is 0 Å². The summed E-state index contributed by atoms with van der Waals surface area (Å²) in [5.74, 6) is -0.630. The zero-order valence-corrected chi connectivity index (χ0v) is 44.5. The van der Waals surface area contributed by atoms with Crippen molar-refractivity contribution < 1.29 is 37.3 Å². The molecule has 384 valence electrons. The van der Waals surface area contributed by atoms with Gasteiger partial charge >= 0.3 is 5.97 Å². The predicted molar refractivity (Wildman–Crippen MR) is 279 cm³/mol. The maximum Gasteiger partial charge on any atom is 0.306 e. The molecule has 0 heterocycles. The minimum absolute atomic E-state index is 0.0327. The molecule has 0 aliphatic carbocycles. The van der Waals surface area contributed by atoms with Crippen molar-refractivity contribution in [1.82, 2.24) is 5.32 Å². The molecule has 0 radical (unpaired) electrons. The van der Waals surface area contributed by atoms with Crippen LogP contribution in [0, 0.1) is 0 Å². The lowest BCUT2D eigenvalue weighted by Crippen LogP contribution is -2.47. The number of amides is 1. The summed E-state index contributed by atoms with van der Waals surface area (Å²) >= 11 is 0. The Bertz CT molecular complexity index is 1320. The zero-order chi connectivity index (χ0) is 48.7. The van der Waals surface area contributed by atoms with Crippen LogP contribution in [0.4, 0.5) is 0 Å². The number of nitrogens with zero attached hydrogens (tertiary/aromatic N) is 1. The van der Waals surface area contributed by atoms with Crippen LogP contribution in [0.1, 0.15) is 233 Å². The molecule has 3 unspecified atom stereocenters. The van der Waals surface area contributed by atoms with E-state index in [0.717, 1.165) is 77.0 Å². The Labute approximate surface area is 407 Å². The molecule has 0 spiro atoms. The summed E-state index contributed by atoms with van der Waals surface area (Å²) in [5.41, 5.74) is 0. The van der Waals surface area contributed by atoms with Gasteiger partial charge in [-0.05, 0) is 76.7 Å². The molecule has 0 bridgehead atoms. The number of carbonyl (C=O) groups excluding carboxylic acids is 2. The maximum atomic E-state index is 13.4. The second-order valence-electron chi connectivity index (χ2n) is 19.3. The first-order valence-corrected chi connectivity index (χ1v) is 28.6. The average Bonchev–Trinajstić information content (AvgIpc) is 3.27. The number of likely N-dealkylation sites (N-methyl/N-ethyl adjacent to an activating group) is 1. The van der Waals surface area contributed by atoms with Gasteiger partial charge in [0.1, 0.15) is 19.3 Å². The number of rotatable bonds is 48. The number of nitrogens with one attached hydrogen (secondary N) is 1. The SMILES string of the molecule is CC/C=C/C/C=C/CCCCCCCCCC(=O)NC(COP(=O)([O-])OCC[N+](C)(C)C)C(/C=C/CCCCCCCCCCCCC)OC(=O)CC/C=C/C/C=C\CCCCCCCC. The number of ether oxygens (including phenoxy) is 1. The van der Waals surface area contributed by atoms with Crippen LogP contribution in [0.15, 0.2) is 60.8 Å². The predicted octanol–water partition coefficient (Wildman–Crippen LogP) is 15.3. The lowest BCUT2D eigenvalue weighted by atomic mass is 10.0. The van der Waals surface area contributed by atoms with Gasteiger partial charge in [0, 0.05) is 12.8 Å². The summed E-state index contributed by atoms with van der Waals surface area (Å²) in [6, 6.07) is -0.914. The van der Waals surface area contributed by atoms with E-state index in [0.29, 0.717) is 23.9 Å². The fourth-order valence-corrected chi connectivity index (χ4v) is 8.22. The summed E-state index contributed by atoms with van der Waals surface area (Å²) in [7, 11) is 1.15. The van der Waals surface area contributed by atoms with Crippen LogP contribution in [0.5, 0.6) is 0 Å². The van der Waals surface area contributed by atoms with Gasteiger partial charge in [0.2, 0.25) is 5.91 Å². The van der Waals surface area contributed by atoms with E-state index in [2.05, 4.69) is 68.6 Å². The van der Waals surface area contributed by atoms with Gasteiger partial charge in [0.15, 0.2) is 0 Å². The van der Waals surface area contributed by atoms with E-state index < -0.39 is 32.5 Å². The van der Waals surface area contributed by atoms with Gasteiger partial charge in [-0.3, -0.25) is 14.2 Å². The van der Waals surface area contributed by atoms with Crippen LogP contribution >= 0.6 is 7.82 Å². The number of hydrogen-bond donors (Lipinski definition) is 1. The topological polar surface area (TPSA) is 114 Å². The Morgan fingerprint density at radius 2 is 0.985 bits per heavy atom. The summed E-state index contributed by atoms with van der Waals surface area (Å²) in [5, 5.41) is 2.99. The zero-order valence-electron chi connectivity index (χ0n) is 43.6. The molecule has 3 atom stereocenters. The fourth-order valence-electron chi connectivity index (χ4n) is 7.49. The molecule has 0 saturated heterocycles. The summed E-state index contributed by atoms with van der Waals surface area (Å²) in [6.07, 6.45) is 56.3. The highest BCUT2D eigenvalue weighted by Gasteiger charge is 2.27. The smallest absolute Gasteiger partial charge is 0.306 e. The first-order chi connectivity index (χ1) is 31.9. The first kappa shape index (κ1) is 63.7. The number of quaternary nitrogens is 1. The Balaban J connectivity index is 5.50. The van der Waals surface area contributed by atoms with Gasteiger partial charge in [-0.2, -0.15) is 0 Å².